The summed E-state index contributed by atoms with van der Waals surface area (Å²) in [6, 6.07) is 21.2. The predicted octanol–water partition coefficient (Wildman–Crippen LogP) is 8.55. The van der Waals surface area contributed by atoms with Gasteiger partial charge in [-0.3, -0.25) is 18.8 Å². The van der Waals surface area contributed by atoms with Crippen LogP contribution in [0.4, 0.5) is 51.7 Å². The Morgan fingerprint density at radius 1 is 0.831 bits per heavy atom. The SMILES string of the molecule is Cc1ccc(Nc2nc(Nc3ccc(S(=O)(=O)O)c(N=Nc4c(N)ccc5c(O)c(N=Nc6ccc(SC#COOS(=O)(=O)O)cc6)c(SOOO)cc45)c3)nc(SCC(=O)O)n2)cc1. The first-order valence-electron chi connectivity index (χ1n) is 17.4. The number of rotatable bonds is 18. The number of carbonyl (C=O) groups is 1. The Kier molecular flexibility index (Phi) is 15.7. The van der Waals surface area contributed by atoms with Gasteiger partial charge in [0.25, 0.3) is 10.1 Å². The van der Waals surface area contributed by atoms with Crippen molar-refractivity contribution in [3.05, 3.63) is 90.5 Å². The van der Waals surface area contributed by atoms with Crippen molar-refractivity contribution in [3.63, 3.8) is 0 Å². The number of benzene rings is 5. The molecule has 65 heavy (non-hydrogen) atoms. The summed E-state index contributed by atoms with van der Waals surface area (Å²) in [4.78, 5) is 28.2. The quantitative estimate of drug-likeness (QED) is 0.00584. The second-order valence-electron chi connectivity index (χ2n) is 12.4. The van der Waals surface area contributed by atoms with Gasteiger partial charge in [-0.15, -0.1) is 19.7 Å². The third-order valence-corrected chi connectivity index (χ3v) is 11.1. The van der Waals surface area contributed by atoms with Crippen LogP contribution in [0.1, 0.15) is 5.56 Å². The highest BCUT2D eigenvalue weighted by molar-refractivity contribution is 8.04. The van der Waals surface area contributed by atoms with Crippen molar-refractivity contribution in [2.75, 3.05) is 22.1 Å². The van der Waals surface area contributed by atoms with Crippen molar-refractivity contribution in [1.82, 2.24) is 15.0 Å². The van der Waals surface area contributed by atoms with Gasteiger partial charge >= 0.3 is 16.4 Å². The number of aryl methyl sites for hydroxylation is 1. The Labute approximate surface area is 379 Å². The Hall–Kier alpha value is -6.69. The van der Waals surface area contributed by atoms with E-state index in [1.54, 1.807) is 24.3 Å². The third kappa shape index (κ3) is 13.7. The van der Waals surface area contributed by atoms with Gasteiger partial charge in [-0.05, 0) is 95.8 Å². The monoisotopic (exact) mass is 984 g/mol. The summed E-state index contributed by atoms with van der Waals surface area (Å²) in [5.41, 5.74) is 7.71. The number of aromatic nitrogens is 3. The molecule has 0 spiro atoms. The second kappa shape index (κ2) is 21.3. The van der Waals surface area contributed by atoms with Crippen LogP contribution < -0.4 is 16.4 Å². The molecule has 6 rings (SSSR count). The smallest absolute Gasteiger partial charge is 0.433 e. The molecule has 1 aromatic heterocycles. The lowest BCUT2D eigenvalue weighted by Crippen LogP contribution is -2.07. The molecule has 9 N–H and O–H groups in total. The van der Waals surface area contributed by atoms with Gasteiger partial charge in [0.1, 0.15) is 22.0 Å². The fourth-order valence-corrected chi connectivity index (χ4v) is 7.37. The molecule has 0 saturated heterocycles. The van der Waals surface area contributed by atoms with Gasteiger partial charge in [0.15, 0.2) is 17.0 Å². The molecule has 0 atom stereocenters. The summed E-state index contributed by atoms with van der Waals surface area (Å²) >= 11 is 2.14. The van der Waals surface area contributed by atoms with Crippen LogP contribution in [-0.4, -0.2) is 68.1 Å². The number of aromatic hydroxyl groups is 1. The maximum absolute atomic E-state index is 12.5. The fourth-order valence-electron chi connectivity index (χ4n) is 5.14. The van der Waals surface area contributed by atoms with Crippen LogP contribution in [0.2, 0.25) is 0 Å². The normalized spacial score (nSPS) is 11.8. The van der Waals surface area contributed by atoms with Crippen molar-refractivity contribution in [2.24, 2.45) is 20.5 Å². The number of phenols is 1. The molecule has 0 fully saturated rings. The molecule has 0 aliphatic heterocycles. The Morgan fingerprint density at radius 2 is 1.51 bits per heavy atom. The maximum Gasteiger partial charge on any atom is 0.433 e. The molecular weight excluding hydrogens is 957 g/mol. The first-order chi connectivity index (χ1) is 30.9. The standard InChI is InChI=1S/C36H28N10O14S5/c1-19-2-4-20(5-3-19)38-34-40-35(42-36(41-34)62-18-30(47)48)39-22-8-13-29(64(51,52)53)27(16-22)44-45-31-25-17-28(63-59-58-50)32(33(49)24(25)11-12-26(31)37)46-43-21-6-9-23(10-7-21)61-15-14-57-60-65(54,55)56/h2-13,16-17,49-50H,18,37H2,1H3,(H,47,48)(H,51,52,53)(H,54,55,56)(H2,38,39,40,41,42). The fraction of sp³-hybridized carbons (Fsp3) is 0.0556. The lowest BCUT2D eigenvalue weighted by Gasteiger charge is -2.12. The van der Waals surface area contributed by atoms with Crippen LogP contribution >= 0.6 is 35.6 Å². The van der Waals surface area contributed by atoms with E-state index >= 15 is 0 Å². The van der Waals surface area contributed by atoms with Crippen molar-refractivity contribution in [3.8, 4) is 17.1 Å². The highest BCUT2D eigenvalue weighted by Crippen LogP contribution is 2.48. The van der Waals surface area contributed by atoms with Crippen LogP contribution in [-0.2, 0) is 43.9 Å². The number of nitrogen functional groups attached to an aromatic ring is 1. The number of phenolic OH excluding ortho intramolecular Hbond substituents is 1. The van der Waals surface area contributed by atoms with Gasteiger partial charge < -0.3 is 26.6 Å². The number of carboxylic acids is 1. The molecule has 5 aromatic carbocycles. The van der Waals surface area contributed by atoms with E-state index in [1.807, 2.05) is 25.2 Å². The zero-order chi connectivity index (χ0) is 46.7. The second-order valence-corrected chi connectivity index (χ2v) is 17.3. The lowest BCUT2D eigenvalue weighted by atomic mass is 10.1. The summed E-state index contributed by atoms with van der Waals surface area (Å²) in [5, 5.41) is 58.6. The van der Waals surface area contributed by atoms with Crippen LogP contribution in [0.25, 0.3) is 10.8 Å². The van der Waals surface area contributed by atoms with E-state index in [1.165, 1.54) is 42.5 Å². The number of hydrogen-bond donors (Lipinski definition) is 8. The van der Waals surface area contributed by atoms with Gasteiger partial charge in [-0.1, -0.05) is 34.5 Å². The molecule has 6 aromatic rings. The molecule has 0 bridgehead atoms. The van der Waals surface area contributed by atoms with Gasteiger partial charge in [-0.25, -0.2) is 5.26 Å². The van der Waals surface area contributed by atoms with Crippen LogP contribution in [0.15, 0.2) is 125 Å². The van der Waals surface area contributed by atoms with E-state index in [0.29, 0.717) is 22.6 Å². The van der Waals surface area contributed by atoms with E-state index in [0.717, 1.165) is 35.2 Å². The molecule has 0 amide bonds. The highest BCUT2D eigenvalue weighted by atomic mass is 32.3. The number of anilines is 5. The van der Waals surface area contributed by atoms with Gasteiger partial charge in [-0.2, -0.15) is 36.9 Å². The number of thioether (sulfide) groups is 2. The number of nitrogens with zero attached hydrogens (tertiary/aromatic N) is 7. The zero-order valence-electron chi connectivity index (χ0n) is 32.4. The molecular formula is C36H28N10O14S5. The molecule has 0 aliphatic rings. The largest absolute Gasteiger partial charge is 0.505 e. The molecule has 0 radical (unpaired) electrons. The highest BCUT2D eigenvalue weighted by Gasteiger charge is 2.21. The molecule has 29 heteroatoms. The minimum absolute atomic E-state index is 0.00154. The van der Waals surface area contributed by atoms with Gasteiger partial charge in [0.2, 0.25) is 11.9 Å². The number of nitrogens with one attached hydrogen (secondary N) is 2. The molecule has 0 unspecified atom stereocenters. The molecule has 24 nitrogen and oxygen atoms in total. The number of fused-ring (bicyclic) bond motifs is 1. The first-order valence-corrected chi connectivity index (χ1v) is 22.8. The van der Waals surface area contributed by atoms with E-state index in [2.05, 4.69) is 69.9 Å². The van der Waals surface area contributed by atoms with Gasteiger partial charge in [0, 0.05) is 32.3 Å². The van der Waals surface area contributed by atoms with Crippen LogP contribution in [0, 0.1) is 18.3 Å². The van der Waals surface area contributed by atoms with Crippen molar-refractivity contribution in [1.29, 1.82) is 0 Å². The van der Waals surface area contributed by atoms with Crippen molar-refractivity contribution < 1.29 is 64.8 Å². The molecule has 0 aliphatic carbocycles. The number of carboxylic acid groups (broad SMARTS) is 1. The van der Waals surface area contributed by atoms with Crippen LogP contribution in [0.5, 0.6) is 5.75 Å². The van der Waals surface area contributed by atoms with E-state index in [4.69, 9.17) is 15.5 Å². The van der Waals surface area contributed by atoms with E-state index in [-0.39, 0.29) is 66.9 Å². The third-order valence-electron chi connectivity index (χ3n) is 7.86. The topological polar surface area (TPSA) is 362 Å². The Bertz CT molecular complexity index is 3100. The minimum Gasteiger partial charge on any atom is -0.505 e. The number of hydrogen-bond acceptors (Lipinski definition) is 24. The summed E-state index contributed by atoms with van der Waals surface area (Å²) in [6.07, 6.45) is 1.91. The lowest BCUT2D eigenvalue weighted by molar-refractivity contribution is -0.432. The minimum atomic E-state index is -4.90. The maximum atomic E-state index is 12.5. The van der Waals surface area contributed by atoms with Crippen molar-refractivity contribution in [2.45, 2.75) is 26.8 Å². The first kappa shape index (κ1) is 47.8. The van der Waals surface area contributed by atoms with E-state index < -0.39 is 42.8 Å². The Balaban J connectivity index is 1.32. The number of nitrogens with two attached hydrogens (primary N) is 1. The summed E-state index contributed by atoms with van der Waals surface area (Å²) in [6.45, 7) is 1.91. The molecule has 336 valence electrons. The predicted molar refractivity (Wildman–Crippen MR) is 235 cm³/mol. The van der Waals surface area contributed by atoms with Crippen LogP contribution in [0.3, 0.4) is 0 Å². The van der Waals surface area contributed by atoms with Gasteiger partial charge in [0.05, 0.1) is 34.1 Å². The number of aliphatic carboxylic acids is 1. The molecule has 0 saturated carbocycles. The summed E-state index contributed by atoms with van der Waals surface area (Å²) in [7, 11) is -9.74. The zero-order valence-corrected chi connectivity index (χ0v) is 36.5. The average molecular weight is 985 g/mol. The summed E-state index contributed by atoms with van der Waals surface area (Å²) in [5.74, 6) is -1.97. The molecule has 1 heterocycles. The average Bonchev–Trinajstić information content (AvgIpc) is 3.24. The summed E-state index contributed by atoms with van der Waals surface area (Å²) < 4.78 is 72.9. The number of azo groups is 2. The van der Waals surface area contributed by atoms with Crippen molar-refractivity contribution >= 4 is 125 Å². The van der Waals surface area contributed by atoms with E-state index in [9.17, 15) is 36.4 Å². The Morgan fingerprint density at radius 3 is 2.17 bits per heavy atom.